The van der Waals surface area contributed by atoms with Gasteiger partial charge in [-0.25, -0.2) is 0 Å². The fourth-order valence-corrected chi connectivity index (χ4v) is 1.84. The zero-order valence-electron chi connectivity index (χ0n) is 12.3. The van der Waals surface area contributed by atoms with Crippen molar-refractivity contribution in [3.8, 4) is 0 Å². The van der Waals surface area contributed by atoms with Crippen LogP contribution in [0.15, 0.2) is 28.7 Å². The van der Waals surface area contributed by atoms with Crippen LogP contribution in [0.3, 0.4) is 0 Å². The molecule has 0 aliphatic rings. The molecule has 5 nitrogen and oxygen atoms in total. The highest BCUT2D eigenvalue weighted by molar-refractivity contribution is 5.52. The van der Waals surface area contributed by atoms with Crippen LogP contribution in [0.2, 0.25) is 0 Å². The summed E-state index contributed by atoms with van der Waals surface area (Å²) in [6.07, 6.45) is 3.57. The highest BCUT2D eigenvalue weighted by Gasteiger charge is 2.11. The summed E-state index contributed by atoms with van der Waals surface area (Å²) in [5.74, 6) is 0.578. The van der Waals surface area contributed by atoms with Crippen LogP contribution < -0.4 is 10.6 Å². The largest absolute Gasteiger partial charge is 0.406 e. The molecule has 0 radical (unpaired) electrons. The number of nitrogens with zero attached hydrogens (tertiary/aromatic N) is 2. The lowest BCUT2D eigenvalue weighted by atomic mass is 10.1. The van der Waals surface area contributed by atoms with Crippen molar-refractivity contribution in [3.05, 3.63) is 35.7 Å². The van der Waals surface area contributed by atoms with Gasteiger partial charge in [0.15, 0.2) is 0 Å². The van der Waals surface area contributed by atoms with Gasteiger partial charge in [0.05, 0.1) is 6.04 Å². The molecule has 20 heavy (non-hydrogen) atoms. The van der Waals surface area contributed by atoms with E-state index in [4.69, 9.17) is 4.42 Å². The third-order valence-corrected chi connectivity index (χ3v) is 3.27. The molecule has 0 saturated heterocycles. The van der Waals surface area contributed by atoms with E-state index >= 15 is 0 Å². The third kappa shape index (κ3) is 3.81. The smallest absolute Gasteiger partial charge is 0.320 e. The van der Waals surface area contributed by atoms with E-state index in [0.717, 1.165) is 12.1 Å². The van der Waals surface area contributed by atoms with Crippen molar-refractivity contribution in [3.63, 3.8) is 0 Å². The number of hydrogen-bond donors (Lipinski definition) is 2. The Kier molecular flexibility index (Phi) is 5.12. The molecule has 0 aliphatic heterocycles. The van der Waals surface area contributed by atoms with Gasteiger partial charge >= 0.3 is 6.01 Å². The summed E-state index contributed by atoms with van der Waals surface area (Å²) in [5, 5.41) is 14.2. The van der Waals surface area contributed by atoms with Crippen LogP contribution in [0.4, 0.5) is 11.7 Å². The number of nitrogens with one attached hydrogen (secondary N) is 2. The van der Waals surface area contributed by atoms with Crippen LogP contribution in [0, 0.1) is 0 Å². The lowest BCUT2D eigenvalue weighted by molar-refractivity contribution is 0.443. The van der Waals surface area contributed by atoms with Gasteiger partial charge in [0, 0.05) is 5.69 Å². The summed E-state index contributed by atoms with van der Waals surface area (Å²) in [7, 11) is 1.86. The number of unbranched alkanes of at least 4 members (excludes halogenated alkanes) is 1. The Morgan fingerprint density at radius 2 is 1.95 bits per heavy atom. The fraction of sp³-hybridized carbons (Fsp3) is 0.467. The molecule has 5 heteroatoms. The van der Waals surface area contributed by atoms with Crippen molar-refractivity contribution < 1.29 is 4.42 Å². The average Bonchev–Trinajstić information content (AvgIpc) is 2.94. The predicted molar refractivity (Wildman–Crippen MR) is 80.1 cm³/mol. The zero-order valence-corrected chi connectivity index (χ0v) is 12.3. The Morgan fingerprint density at radius 1 is 1.20 bits per heavy atom. The number of hydrogen-bond acceptors (Lipinski definition) is 5. The Hall–Kier alpha value is -1.88. The van der Waals surface area contributed by atoms with E-state index in [9.17, 15) is 0 Å². The first kappa shape index (κ1) is 14.5. The van der Waals surface area contributed by atoms with Gasteiger partial charge in [-0.3, -0.25) is 0 Å². The predicted octanol–water partition coefficient (Wildman–Crippen LogP) is 3.44. The molecule has 0 amide bonds. The van der Waals surface area contributed by atoms with Crippen LogP contribution in [-0.4, -0.2) is 17.2 Å². The summed E-state index contributed by atoms with van der Waals surface area (Å²) < 4.78 is 5.54. The number of aryl methyl sites for hydroxylation is 1. The van der Waals surface area contributed by atoms with Gasteiger partial charge in [-0.05, 0) is 44.5 Å². The maximum atomic E-state index is 5.54. The summed E-state index contributed by atoms with van der Waals surface area (Å²) in [4.78, 5) is 0. The van der Waals surface area contributed by atoms with Crippen LogP contribution >= 0.6 is 0 Å². The highest BCUT2D eigenvalue weighted by atomic mass is 16.4. The lowest BCUT2D eigenvalue weighted by Crippen LogP contribution is -2.12. The van der Waals surface area contributed by atoms with Crippen molar-refractivity contribution in [2.75, 3.05) is 12.4 Å². The molecular weight excluding hydrogens is 252 g/mol. The van der Waals surface area contributed by atoms with Crippen LogP contribution in [-0.2, 0) is 6.42 Å². The molecule has 2 aromatic rings. The van der Waals surface area contributed by atoms with Gasteiger partial charge in [-0.15, -0.1) is 5.10 Å². The molecule has 108 valence electrons. The van der Waals surface area contributed by atoms with Gasteiger partial charge in [0.2, 0.25) is 5.89 Å². The average molecular weight is 274 g/mol. The molecule has 1 aromatic heterocycles. The zero-order chi connectivity index (χ0) is 14.4. The molecule has 0 spiro atoms. The quantitative estimate of drug-likeness (QED) is 0.809. The lowest BCUT2D eigenvalue weighted by Gasteiger charge is -2.04. The van der Waals surface area contributed by atoms with E-state index in [1.54, 1.807) is 0 Å². The van der Waals surface area contributed by atoms with Crippen LogP contribution in [0.5, 0.6) is 0 Å². The van der Waals surface area contributed by atoms with Gasteiger partial charge in [0.25, 0.3) is 0 Å². The highest BCUT2D eigenvalue weighted by Crippen LogP contribution is 2.19. The Labute approximate surface area is 119 Å². The minimum absolute atomic E-state index is 0.0504. The molecule has 1 unspecified atom stereocenters. The maximum Gasteiger partial charge on any atom is 0.320 e. The minimum Gasteiger partial charge on any atom is -0.406 e. The number of anilines is 2. The van der Waals surface area contributed by atoms with E-state index in [0.29, 0.717) is 11.9 Å². The molecule has 2 rings (SSSR count). The fourth-order valence-electron chi connectivity index (χ4n) is 1.84. The van der Waals surface area contributed by atoms with Crippen LogP contribution in [0.1, 0.15) is 44.2 Å². The van der Waals surface area contributed by atoms with Gasteiger partial charge in [-0.1, -0.05) is 30.6 Å². The molecule has 0 fully saturated rings. The Balaban J connectivity index is 1.97. The first-order chi connectivity index (χ1) is 9.72. The molecule has 1 aromatic carbocycles. The second-order valence-corrected chi connectivity index (χ2v) is 4.88. The third-order valence-electron chi connectivity index (χ3n) is 3.27. The summed E-state index contributed by atoms with van der Waals surface area (Å²) in [6, 6.07) is 8.81. The van der Waals surface area contributed by atoms with E-state index in [1.165, 1.54) is 18.4 Å². The van der Waals surface area contributed by atoms with Crippen molar-refractivity contribution in [1.29, 1.82) is 0 Å². The first-order valence-electron chi connectivity index (χ1n) is 7.09. The van der Waals surface area contributed by atoms with Gasteiger partial charge < -0.3 is 15.1 Å². The van der Waals surface area contributed by atoms with Crippen molar-refractivity contribution in [2.24, 2.45) is 0 Å². The summed E-state index contributed by atoms with van der Waals surface area (Å²) >= 11 is 0. The monoisotopic (exact) mass is 274 g/mol. The minimum atomic E-state index is 0.0504. The SMILES string of the molecule is CCCCc1ccc(Nc2nnc(C(C)NC)o2)cc1. The van der Waals surface area contributed by atoms with E-state index in [1.807, 2.05) is 26.1 Å². The van der Waals surface area contributed by atoms with E-state index in [-0.39, 0.29) is 6.04 Å². The van der Waals surface area contributed by atoms with Gasteiger partial charge in [-0.2, -0.15) is 0 Å². The van der Waals surface area contributed by atoms with E-state index < -0.39 is 0 Å². The van der Waals surface area contributed by atoms with E-state index in [2.05, 4.69) is 39.9 Å². The van der Waals surface area contributed by atoms with Crippen LogP contribution in [0.25, 0.3) is 0 Å². The molecule has 0 saturated carbocycles. The summed E-state index contributed by atoms with van der Waals surface area (Å²) in [5.41, 5.74) is 2.31. The number of benzene rings is 1. The van der Waals surface area contributed by atoms with Gasteiger partial charge in [0.1, 0.15) is 0 Å². The topological polar surface area (TPSA) is 63.0 Å². The second-order valence-electron chi connectivity index (χ2n) is 4.88. The van der Waals surface area contributed by atoms with Crippen molar-refractivity contribution in [1.82, 2.24) is 15.5 Å². The first-order valence-corrected chi connectivity index (χ1v) is 7.09. The molecule has 1 heterocycles. The molecule has 2 N–H and O–H groups in total. The molecule has 0 bridgehead atoms. The van der Waals surface area contributed by atoms with Crippen molar-refractivity contribution in [2.45, 2.75) is 39.2 Å². The number of rotatable bonds is 7. The Morgan fingerprint density at radius 3 is 2.60 bits per heavy atom. The Bertz CT molecular complexity index is 521. The molecule has 0 aliphatic carbocycles. The molecule has 1 atom stereocenters. The summed E-state index contributed by atoms with van der Waals surface area (Å²) in [6.45, 7) is 4.18. The van der Waals surface area contributed by atoms with Crippen molar-refractivity contribution >= 4 is 11.7 Å². The normalized spacial score (nSPS) is 12.3. The number of aromatic nitrogens is 2. The maximum absolute atomic E-state index is 5.54. The molecular formula is C15H22N4O. The standard InChI is InChI=1S/C15H22N4O/c1-4-5-6-12-7-9-13(10-8-12)17-15-19-18-14(20-15)11(2)16-3/h7-11,16H,4-6H2,1-3H3,(H,17,19). The second kappa shape index (κ2) is 7.05.